The van der Waals surface area contributed by atoms with E-state index in [1.54, 1.807) is 35.5 Å². The molecule has 1 heterocycles. The molecular weight excluding hydrogens is 343 g/mol. The van der Waals surface area contributed by atoms with Crippen LogP contribution in [-0.4, -0.2) is 22.4 Å². The lowest BCUT2D eigenvalue weighted by atomic mass is 10.1. The molecule has 1 unspecified atom stereocenters. The molecule has 0 aliphatic carbocycles. The summed E-state index contributed by atoms with van der Waals surface area (Å²) in [4.78, 5) is 25.6. The van der Waals surface area contributed by atoms with Crippen molar-refractivity contribution in [3.8, 4) is 0 Å². The van der Waals surface area contributed by atoms with Crippen molar-refractivity contribution in [2.24, 2.45) is 0 Å². The molecule has 7 heteroatoms. The molecule has 2 aromatic rings. The Hall–Kier alpha value is -1.30. The fourth-order valence-electron chi connectivity index (χ4n) is 2.11. The third-order valence-electron chi connectivity index (χ3n) is 3.66. The summed E-state index contributed by atoms with van der Waals surface area (Å²) in [6.07, 6.45) is 0. The van der Waals surface area contributed by atoms with Crippen LogP contribution >= 0.6 is 34.5 Å². The largest absolute Gasteiger partial charge is 0.337 e. The first-order valence-electron chi connectivity index (χ1n) is 6.66. The fraction of sp³-hybridized carbons (Fsp3) is 0.333. The number of benzene rings is 1. The number of rotatable bonds is 4. The van der Waals surface area contributed by atoms with Gasteiger partial charge in [0, 0.05) is 28.2 Å². The summed E-state index contributed by atoms with van der Waals surface area (Å²) in [6, 6.07) is 4.99. The smallest absolute Gasteiger partial charge is 0.307 e. The van der Waals surface area contributed by atoms with Gasteiger partial charge in [-0.1, -0.05) is 40.6 Å². The molecule has 1 aromatic carbocycles. The lowest BCUT2D eigenvalue weighted by Gasteiger charge is -2.26. The molecule has 4 nitrogen and oxygen atoms in total. The topological polar surface area (TPSA) is 42.3 Å². The first kappa shape index (κ1) is 17.1. The van der Waals surface area contributed by atoms with Crippen LogP contribution < -0.4 is 4.87 Å². The van der Waals surface area contributed by atoms with Gasteiger partial charge in [0.25, 0.3) is 0 Å². The standard InChI is InChI=1S/C15H16Cl2N2O2S/c1-9-8-22-15(21)19(9)7-14(20)18(3)10(2)12-5-4-11(16)6-13(12)17/h4-6,8,10H,7H2,1-3H3. The SMILES string of the molecule is Cc1csc(=O)n1CC(=O)N(C)C(C)c1ccc(Cl)cc1Cl. The van der Waals surface area contributed by atoms with E-state index in [9.17, 15) is 9.59 Å². The molecule has 0 radical (unpaired) electrons. The van der Waals surface area contributed by atoms with Crippen LogP contribution in [0.2, 0.25) is 10.0 Å². The maximum absolute atomic E-state index is 12.4. The van der Waals surface area contributed by atoms with Gasteiger partial charge in [-0.3, -0.25) is 14.2 Å². The zero-order valence-corrected chi connectivity index (χ0v) is 14.8. The van der Waals surface area contributed by atoms with Gasteiger partial charge in [-0.15, -0.1) is 0 Å². The first-order chi connectivity index (χ1) is 10.3. The van der Waals surface area contributed by atoms with E-state index in [-0.39, 0.29) is 23.4 Å². The highest BCUT2D eigenvalue weighted by Crippen LogP contribution is 2.29. The Morgan fingerprint density at radius 1 is 1.41 bits per heavy atom. The molecule has 0 saturated heterocycles. The van der Waals surface area contributed by atoms with Crippen molar-refractivity contribution in [2.45, 2.75) is 26.4 Å². The van der Waals surface area contributed by atoms with Crippen LogP contribution in [-0.2, 0) is 11.3 Å². The van der Waals surface area contributed by atoms with Crippen LogP contribution in [0.25, 0.3) is 0 Å². The highest BCUT2D eigenvalue weighted by Gasteiger charge is 2.21. The van der Waals surface area contributed by atoms with Gasteiger partial charge in [-0.05, 0) is 31.5 Å². The summed E-state index contributed by atoms with van der Waals surface area (Å²) < 4.78 is 1.47. The molecule has 2 rings (SSSR count). The van der Waals surface area contributed by atoms with Gasteiger partial charge in [0.15, 0.2) is 0 Å². The van der Waals surface area contributed by atoms with Crippen LogP contribution in [0.5, 0.6) is 0 Å². The Morgan fingerprint density at radius 2 is 2.09 bits per heavy atom. The number of hydrogen-bond acceptors (Lipinski definition) is 3. The van der Waals surface area contributed by atoms with E-state index in [0.29, 0.717) is 10.0 Å². The molecule has 1 amide bonds. The predicted octanol–water partition coefficient (Wildman–Crippen LogP) is 3.74. The Bertz CT molecular complexity index is 754. The molecule has 0 spiro atoms. The second-order valence-electron chi connectivity index (χ2n) is 5.08. The number of carbonyl (C=O) groups excluding carboxylic acids is 1. The van der Waals surface area contributed by atoms with Crippen molar-refractivity contribution in [3.05, 3.63) is 54.5 Å². The van der Waals surface area contributed by atoms with Gasteiger partial charge in [0.2, 0.25) is 5.91 Å². The normalized spacial score (nSPS) is 12.2. The Kier molecular flexibility index (Phi) is 5.32. The molecule has 1 atom stereocenters. The molecule has 0 aliphatic heterocycles. The summed E-state index contributed by atoms with van der Waals surface area (Å²) in [5.41, 5.74) is 1.60. The van der Waals surface area contributed by atoms with Crippen molar-refractivity contribution in [3.63, 3.8) is 0 Å². The van der Waals surface area contributed by atoms with Gasteiger partial charge in [0.05, 0.1) is 6.04 Å². The fourth-order valence-corrected chi connectivity index (χ4v) is 3.41. The van der Waals surface area contributed by atoms with E-state index < -0.39 is 0 Å². The van der Waals surface area contributed by atoms with Crippen molar-refractivity contribution in [1.29, 1.82) is 0 Å². The van der Waals surface area contributed by atoms with Crippen LogP contribution in [0.1, 0.15) is 24.2 Å². The lowest BCUT2D eigenvalue weighted by Crippen LogP contribution is -2.34. The molecule has 0 N–H and O–H groups in total. The molecule has 0 saturated carbocycles. The van der Waals surface area contributed by atoms with E-state index >= 15 is 0 Å². The number of likely N-dealkylation sites (N-methyl/N-ethyl adjacent to an activating group) is 1. The number of hydrogen-bond donors (Lipinski definition) is 0. The molecular formula is C15H16Cl2N2O2S. The number of amides is 1. The van der Waals surface area contributed by atoms with Crippen LogP contribution in [0, 0.1) is 6.92 Å². The predicted molar refractivity (Wildman–Crippen MR) is 91.0 cm³/mol. The second kappa shape index (κ2) is 6.86. The van der Waals surface area contributed by atoms with Crippen molar-refractivity contribution >= 4 is 40.4 Å². The van der Waals surface area contributed by atoms with Crippen molar-refractivity contribution < 1.29 is 4.79 Å². The number of aryl methyl sites for hydroxylation is 1. The summed E-state index contributed by atoms with van der Waals surface area (Å²) in [6.45, 7) is 3.72. The third kappa shape index (κ3) is 3.54. The van der Waals surface area contributed by atoms with E-state index in [4.69, 9.17) is 23.2 Å². The number of carbonyl (C=O) groups is 1. The molecule has 0 bridgehead atoms. The molecule has 1 aromatic heterocycles. The van der Waals surface area contributed by atoms with E-state index in [0.717, 1.165) is 22.6 Å². The van der Waals surface area contributed by atoms with E-state index in [1.807, 2.05) is 13.8 Å². The highest BCUT2D eigenvalue weighted by atomic mass is 35.5. The summed E-state index contributed by atoms with van der Waals surface area (Å²) in [7, 11) is 1.70. The Labute approximate surface area is 142 Å². The van der Waals surface area contributed by atoms with Gasteiger partial charge >= 0.3 is 4.87 Å². The second-order valence-corrected chi connectivity index (χ2v) is 6.74. The Balaban J connectivity index is 2.18. The van der Waals surface area contributed by atoms with Crippen LogP contribution in [0.3, 0.4) is 0 Å². The number of thiazole rings is 1. The molecule has 118 valence electrons. The molecule has 0 aliphatic rings. The zero-order chi connectivity index (χ0) is 16.4. The molecule has 22 heavy (non-hydrogen) atoms. The minimum absolute atomic E-state index is 0.0280. The van der Waals surface area contributed by atoms with E-state index in [1.165, 1.54) is 4.57 Å². The van der Waals surface area contributed by atoms with Gasteiger partial charge in [-0.2, -0.15) is 0 Å². The minimum Gasteiger partial charge on any atom is -0.337 e. The summed E-state index contributed by atoms with van der Waals surface area (Å²) in [5, 5.41) is 2.81. The first-order valence-corrected chi connectivity index (χ1v) is 8.30. The summed E-state index contributed by atoms with van der Waals surface area (Å²) in [5.74, 6) is -0.151. The number of halogens is 2. The minimum atomic E-state index is -0.216. The van der Waals surface area contributed by atoms with Crippen molar-refractivity contribution in [1.82, 2.24) is 9.47 Å². The summed E-state index contributed by atoms with van der Waals surface area (Å²) >= 11 is 13.2. The van der Waals surface area contributed by atoms with Gasteiger partial charge < -0.3 is 4.90 Å². The monoisotopic (exact) mass is 358 g/mol. The van der Waals surface area contributed by atoms with Crippen LogP contribution in [0.15, 0.2) is 28.4 Å². The number of aromatic nitrogens is 1. The zero-order valence-electron chi connectivity index (χ0n) is 12.5. The van der Waals surface area contributed by atoms with Gasteiger partial charge in [0.1, 0.15) is 6.54 Å². The average molecular weight is 359 g/mol. The number of nitrogens with zero attached hydrogens (tertiary/aromatic N) is 2. The lowest BCUT2D eigenvalue weighted by molar-refractivity contribution is -0.132. The maximum atomic E-state index is 12.4. The van der Waals surface area contributed by atoms with Crippen LogP contribution in [0.4, 0.5) is 0 Å². The average Bonchev–Trinajstić information content (AvgIpc) is 2.77. The quantitative estimate of drug-likeness (QED) is 0.835. The van der Waals surface area contributed by atoms with E-state index in [2.05, 4.69) is 0 Å². The third-order valence-corrected chi connectivity index (χ3v) is 5.10. The Morgan fingerprint density at radius 3 is 2.64 bits per heavy atom. The highest BCUT2D eigenvalue weighted by molar-refractivity contribution is 7.07. The van der Waals surface area contributed by atoms with Gasteiger partial charge in [-0.25, -0.2) is 0 Å². The van der Waals surface area contributed by atoms with Crippen molar-refractivity contribution in [2.75, 3.05) is 7.05 Å². The molecule has 0 fully saturated rings. The maximum Gasteiger partial charge on any atom is 0.307 e.